The van der Waals surface area contributed by atoms with Crippen LogP contribution in [0.15, 0.2) is 40.7 Å². The highest BCUT2D eigenvalue weighted by Gasteiger charge is 2.13. The summed E-state index contributed by atoms with van der Waals surface area (Å²) in [5.74, 6) is 0.328. The minimum Gasteiger partial charge on any atom is -0.484 e. The van der Waals surface area contributed by atoms with Crippen LogP contribution in [0.2, 0.25) is 5.02 Å². The lowest BCUT2D eigenvalue weighted by molar-refractivity contribution is -0.118. The number of hydrogen-bond acceptors (Lipinski definition) is 7. The quantitative estimate of drug-likeness (QED) is 0.443. The number of carbonyl (C=O) groups excluding carboxylic acids is 1. The van der Waals surface area contributed by atoms with Crippen LogP contribution in [0.1, 0.15) is 0 Å². The van der Waals surface area contributed by atoms with Gasteiger partial charge in [-0.15, -0.1) is 11.3 Å². The van der Waals surface area contributed by atoms with E-state index in [1.807, 2.05) is 18.4 Å². The smallest absolute Gasteiger partial charge is 0.264 e. The number of halogens is 1. The van der Waals surface area contributed by atoms with Crippen LogP contribution in [-0.2, 0) is 4.79 Å². The topological polar surface area (TPSA) is 64.1 Å². The first-order valence-electron chi connectivity index (χ1n) is 7.54. The van der Waals surface area contributed by atoms with Crippen molar-refractivity contribution in [1.29, 1.82) is 0 Å². The van der Waals surface area contributed by atoms with Gasteiger partial charge in [-0.3, -0.25) is 10.1 Å². The van der Waals surface area contributed by atoms with Crippen LogP contribution >= 0.6 is 46.0 Å². The molecule has 4 aromatic rings. The Kier molecular flexibility index (Phi) is 4.99. The Morgan fingerprint density at radius 2 is 1.81 bits per heavy atom. The maximum Gasteiger partial charge on any atom is 0.264 e. The molecule has 0 aliphatic heterocycles. The van der Waals surface area contributed by atoms with E-state index in [-0.39, 0.29) is 12.5 Å². The molecule has 0 saturated carbocycles. The molecular weight excluding hydrogens is 410 g/mol. The molecule has 0 unspecified atom stereocenters. The summed E-state index contributed by atoms with van der Waals surface area (Å²) in [5, 5.41) is 3.97. The third-order valence-corrected chi connectivity index (χ3v) is 6.96. The van der Waals surface area contributed by atoms with Gasteiger partial charge in [0.15, 0.2) is 16.1 Å². The van der Waals surface area contributed by atoms with Gasteiger partial charge in [-0.25, -0.2) is 9.97 Å². The zero-order valence-electron chi connectivity index (χ0n) is 13.5. The molecule has 0 bridgehead atoms. The fourth-order valence-electron chi connectivity index (χ4n) is 2.33. The highest BCUT2D eigenvalue weighted by molar-refractivity contribution is 8.00. The monoisotopic (exact) mass is 421 g/mol. The summed E-state index contributed by atoms with van der Waals surface area (Å²) in [6.45, 7) is -0.0931. The number of thiazole rings is 2. The van der Waals surface area contributed by atoms with Crippen molar-refractivity contribution in [2.24, 2.45) is 0 Å². The molecular formula is C17H12ClN3O2S3. The van der Waals surface area contributed by atoms with E-state index in [2.05, 4.69) is 15.3 Å². The lowest BCUT2D eigenvalue weighted by atomic mass is 10.3. The number of nitrogens with zero attached hydrogens (tertiary/aromatic N) is 2. The van der Waals surface area contributed by atoms with Crippen molar-refractivity contribution in [2.75, 3.05) is 18.2 Å². The van der Waals surface area contributed by atoms with Gasteiger partial charge in [-0.05, 0) is 42.7 Å². The molecule has 132 valence electrons. The first-order chi connectivity index (χ1) is 12.6. The summed E-state index contributed by atoms with van der Waals surface area (Å²) >= 11 is 10.5. The molecule has 0 spiro atoms. The summed E-state index contributed by atoms with van der Waals surface area (Å²) in [6.07, 6.45) is 2.01. The number of nitrogens with one attached hydrogen (secondary N) is 1. The second kappa shape index (κ2) is 7.40. The molecule has 9 heteroatoms. The van der Waals surface area contributed by atoms with Gasteiger partial charge in [0.1, 0.15) is 5.75 Å². The van der Waals surface area contributed by atoms with E-state index < -0.39 is 0 Å². The van der Waals surface area contributed by atoms with Crippen molar-refractivity contribution < 1.29 is 9.53 Å². The molecule has 0 fully saturated rings. The number of amides is 1. The minimum atomic E-state index is -0.260. The van der Waals surface area contributed by atoms with E-state index in [1.165, 1.54) is 11.3 Å². The van der Waals surface area contributed by atoms with E-state index in [0.717, 1.165) is 24.8 Å². The third-order valence-electron chi connectivity index (χ3n) is 3.50. The van der Waals surface area contributed by atoms with Gasteiger partial charge in [0.05, 0.1) is 20.4 Å². The van der Waals surface area contributed by atoms with Crippen molar-refractivity contribution in [3.63, 3.8) is 0 Å². The SMILES string of the molecule is CSc1nc2ccc3nc(NC(=O)COc4ccc(Cl)cc4)sc3c2s1. The molecule has 1 N–H and O–H groups in total. The fraction of sp³-hybridized carbons (Fsp3) is 0.118. The third kappa shape index (κ3) is 3.64. The molecule has 26 heavy (non-hydrogen) atoms. The molecule has 0 aliphatic rings. The number of fused-ring (bicyclic) bond motifs is 3. The molecule has 2 aromatic carbocycles. The van der Waals surface area contributed by atoms with Gasteiger partial charge in [0.25, 0.3) is 5.91 Å². The van der Waals surface area contributed by atoms with Crippen molar-refractivity contribution in [1.82, 2.24) is 9.97 Å². The molecule has 0 radical (unpaired) electrons. The number of hydrogen-bond donors (Lipinski definition) is 1. The lowest BCUT2D eigenvalue weighted by Gasteiger charge is -2.05. The van der Waals surface area contributed by atoms with Crippen molar-refractivity contribution in [2.45, 2.75) is 4.34 Å². The van der Waals surface area contributed by atoms with Crippen molar-refractivity contribution >= 4 is 77.5 Å². The summed E-state index contributed by atoms with van der Waals surface area (Å²) in [6, 6.07) is 10.8. The molecule has 2 heterocycles. The first-order valence-corrected chi connectivity index (χ1v) is 10.8. The van der Waals surface area contributed by atoms with Crippen molar-refractivity contribution in [3.05, 3.63) is 41.4 Å². The van der Waals surface area contributed by atoms with Crippen LogP contribution < -0.4 is 10.1 Å². The van der Waals surface area contributed by atoms with E-state index in [0.29, 0.717) is 15.9 Å². The Morgan fingerprint density at radius 3 is 2.54 bits per heavy atom. The van der Waals surface area contributed by atoms with Crippen molar-refractivity contribution in [3.8, 4) is 5.75 Å². The van der Waals surface area contributed by atoms with E-state index in [4.69, 9.17) is 16.3 Å². The van der Waals surface area contributed by atoms with Gasteiger partial charge in [0.2, 0.25) is 0 Å². The summed E-state index contributed by atoms with van der Waals surface area (Å²) in [7, 11) is 0. The van der Waals surface area contributed by atoms with Gasteiger partial charge in [-0.1, -0.05) is 34.7 Å². The Labute approximate surface area is 166 Å². The predicted octanol–water partition coefficient (Wildman–Crippen LogP) is 5.30. The van der Waals surface area contributed by atoms with E-state index in [9.17, 15) is 4.79 Å². The average Bonchev–Trinajstić information content (AvgIpc) is 3.23. The number of ether oxygens (including phenoxy) is 1. The molecule has 0 aliphatic carbocycles. The molecule has 1 amide bonds. The van der Waals surface area contributed by atoms with Gasteiger partial charge in [-0.2, -0.15) is 0 Å². The zero-order valence-corrected chi connectivity index (χ0v) is 16.7. The Balaban J connectivity index is 1.49. The number of rotatable bonds is 5. The highest BCUT2D eigenvalue weighted by Crippen LogP contribution is 2.37. The fourth-order valence-corrected chi connectivity index (χ4v) is 5.13. The summed E-state index contributed by atoms with van der Waals surface area (Å²) in [5.41, 5.74) is 1.81. The standard InChI is InChI=1S/C17H12ClN3O2S3/c1-24-17-20-12-7-6-11-14(15(12)26-17)25-16(19-11)21-13(22)8-23-10-4-2-9(18)3-5-10/h2-7H,8H2,1H3,(H,19,21,22). The summed E-state index contributed by atoms with van der Waals surface area (Å²) < 4.78 is 8.60. The molecule has 2 aromatic heterocycles. The predicted molar refractivity (Wildman–Crippen MR) is 110 cm³/mol. The molecule has 0 saturated heterocycles. The summed E-state index contributed by atoms with van der Waals surface area (Å²) in [4.78, 5) is 21.2. The van der Waals surface area contributed by atoms with Crippen LogP contribution in [0.5, 0.6) is 5.75 Å². The van der Waals surface area contributed by atoms with Gasteiger partial charge in [0, 0.05) is 5.02 Å². The normalized spacial score (nSPS) is 11.2. The first kappa shape index (κ1) is 17.5. The number of anilines is 1. The number of aromatic nitrogens is 2. The second-order valence-electron chi connectivity index (χ2n) is 5.26. The second-order valence-corrected chi connectivity index (χ2v) is 8.74. The Hall–Kier alpha value is -1.87. The van der Waals surface area contributed by atoms with Crippen LogP contribution in [0.3, 0.4) is 0 Å². The molecule has 5 nitrogen and oxygen atoms in total. The largest absolute Gasteiger partial charge is 0.484 e. The van der Waals surface area contributed by atoms with Gasteiger partial charge < -0.3 is 4.74 Å². The lowest BCUT2D eigenvalue weighted by Crippen LogP contribution is -2.19. The number of benzene rings is 2. The average molecular weight is 422 g/mol. The maximum absolute atomic E-state index is 12.1. The van der Waals surface area contributed by atoms with E-state index in [1.54, 1.807) is 47.4 Å². The van der Waals surface area contributed by atoms with Crippen LogP contribution in [0.4, 0.5) is 5.13 Å². The van der Waals surface area contributed by atoms with Crippen LogP contribution in [0.25, 0.3) is 20.4 Å². The minimum absolute atomic E-state index is 0.0931. The Bertz CT molecular complexity index is 1090. The van der Waals surface area contributed by atoms with E-state index >= 15 is 0 Å². The van der Waals surface area contributed by atoms with Crippen LogP contribution in [-0.4, -0.2) is 28.7 Å². The molecule has 4 rings (SSSR count). The van der Waals surface area contributed by atoms with Crippen LogP contribution in [0, 0.1) is 0 Å². The number of carbonyl (C=O) groups is 1. The zero-order chi connectivity index (χ0) is 18.1. The highest BCUT2D eigenvalue weighted by atomic mass is 35.5. The molecule has 0 atom stereocenters. The Morgan fingerprint density at radius 1 is 1.12 bits per heavy atom. The number of thioether (sulfide) groups is 1. The maximum atomic E-state index is 12.1. The van der Waals surface area contributed by atoms with Gasteiger partial charge >= 0.3 is 0 Å².